The molecule has 30 heavy (non-hydrogen) atoms. The Morgan fingerprint density at radius 2 is 1.87 bits per heavy atom. The molecule has 4 rings (SSSR count). The lowest BCUT2D eigenvalue weighted by Crippen LogP contribution is -2.50. The number of fused-ring (bicyclic) bond motifs is 1. The monoisotopic (exact) mass is 413 g/mol. The van der Waals surface area contributed by atoms with E-state index in [-0.39, 0.29) is 30.3 Å². The van der Waals surface area contributed by atoms with Crippen LogP contribution in [0.1, 0.15) is 30.3 Å². The largest absolute Gasteiger partial charge is 0.459 e. The van der Waals surface area contributed by atoms with Gasteiger partial charge in [0, 0.05) is 30.8 Å². The number of carbonyl (C=O) groups is 3. The maximum absolute atomic E-state index is 12.6. The Labute approximate surface area is 173 Å². The van der Waals surface area contributed by atoms with Gasteiger partial charge in [0.1, 0.15) is 6.04 Å². The third kappa shape index (κ3) is 4.24. The van der Waals surface area contributed by atoms with Crippen LogP contribution < -0.4 is 20.1 Å². The van der Waals surface area contributed by atoms with E-state index in [9.17, 15) is 14.4 Å². The Morgan fingerprint density at radius 3 is 2.60 bits per heavy atom. The number of furan rings is 1. The molecule has 0 aliphatic carbocycles. The van der Waals surface area contributed by atoms with Crippen LogP contribution in [0, 0.1) is 5.92 Å². The van der Waals surface area contributed by atoms with E-state index in [4.69, 9.17) is 13.9 Å². The second-order valence-corrected chi connectivity index (χ2v) is 7.33. The Morgan fingerprint density at radius 1 is 1.10 bits per heavy atom. The van der Waals surface area contributed by atoms with Crippen molar-refractivity contribution in [2.24, 2.45) is 5.92 Å². The summed E-state index contributed by atoms with van der Waals surface area (Å²) in [5.41, 5.74) is 0.650. The number of piperidine rings is 1. The normalized spacial score (nSPS) is 16.8. The van der Waals surface area contributed by atoms with Gasteiger partial charge in [0.15, 0.2) is 17.3 Å². The lowest BCUT2D eigenvalue weighted by molar-refractivity contribution is -0.135. The number of hydrogen-bond donors (Lipinski definition) is 2. The van der Waals surface area contributed by atoms with Gasteiger partial charge in [0.25, 0.3) is 5.91 Å². The summed E-state index contributed by atoms with van der Waals surface area (Å²) >= 11 is 0. The van der Waals surface area contributed by atoms with E-state index in [1.165, 1.54) is 12.3 Å². The molecule has 2 aromatic rings. The first kappa shape index (κ1) is 19.8. The van der Waals surface area contributed by atoms with Crippen molar-refractivity contribution in [2.75, 3.05) is 25.2 Å². The van der Waals surface area contributed by atoms with Gasteiger partial charge in [-0.25, -0.2) is 0 Å². The molecule has 0 bridgehead atoms. The van der Waals surface area contributed by atoms with Crippen molar-refractivity contribution in [3.8, 4) is 11.5 Å². The van der Waals surface area contributed by atoms with E-state index in [0.29, 0.717) is 43.1 Å². The first-order valence-electron chi connectivity index (χ1n) is 9.85. The van der Waals surface area contributed by atoms with Gasteiger partial charge >= 0.3 is 0 Å². The van der Waals surface area contributed by atoms with Crippen LogP contribution in [0.3, 0.4) is 0 Å². The number of rotatable bonds is 5. The summed E-state index contributed by atoms with van der Waals surface area (Å²) in [5.74, 6) is 0.552. The smallest absolute Gasteiger partial charge is 0.287 e. The Bertz CT molecular complexity index is 934. The third-order valence-electron chi connectivity index (χ3n) is 5.28. The van der Waals surface area contributed by atoms with Crippen LogP contribution in [0.2, 0.25) is 0 Å². The summed E-state index contributed by atoms with van der Waals surface area (Å²) < 4.78 is 15.6. The molecule has 3 amide bonds. The number of likely N-dealkylation sites (tertiary alicyclic amines) is 1. The predicted molar refractivity (Wildman–Crippen MR) is 106 cm³/mol. The lowest BCUT2D eigenvalue weighted by atomic mass is 9.95. The molecule has 3 heterocycles. The second-order valence-electron chi connectivity index (χ2n) is 7.33. The molecular formula is C21H23N3O6. The number of nitrogens with one attached hydrogen (secondary N) is 2. The van der Waals surface area contributed by atoms with Gasteiger partial charge < -0.3 is 29.4 Å². The standard InChI is InChI=1S/C21H23N3O6/c1-13(22-20(26)17-3-2-10-28-17)21(27)24-8-6-14(7-9-24)19(25)23-15-4-5-16-18(11-15)30-12-29-16/h2-5,10-11,13-14H,6-9,12H2,1H3,(H,22,26)(H,23,25)/t13-/m0/s1. The van der Waals surface area contributed by atoms with Crippen LogP contribution in [-0.4, -0.2) is 48.5 Å². The number of carbonyl (C=O) groups excluding carboxylic acids is 3. The molecule has 2 N–H and O–H groups in total. The number of hydrogen-bond acceptors (Lipinski definition) is 6. The molecule has 158 valence electrons. The van der Waals surface area contributed by atoms with Gasteiger partial charge in [-0.3, -0.25) is 14.4 Å². The minimum Gasteiger partial charge on any atom is -0.459 e. The first-order chi connectivity index (χ1) is 14.5. The highest BCUT2D eigenvalue weighted by Gasteiger charge is 2.30. The van der Waals surface area contributed by atoms with E-state index < -0.39 is 11.9 Å². The molecular weight excluding hydrogens is 390 g/mol. The van der Waals surface area contributed by atoms with Crippen molar-refractivity contribution < 1.29 is 28.3 Å². The van der Waals surface area contributed by atoms with Crippen LogP contribution in [0.5, 0.6) is 11.5 Å². The second kappa shape index (κ2) is 8.48. The fourth-order valence-corrected chi connectivity index (χ4v) is 3.59. The molecule has 0 spiro atoms. The van der Waals surface area contributed by atoms with E-state index in [1.807, 2.05) is 0 Å². The summed E-state index contributed by atoms with van der Waals surface area (Å²) in [7, 11) is 0. The molecule has 0 saturated carbocycles. The number of benzene rings is 1. The highest BCUT2D eigenvalue weighted by atomic mass is 16.7. The van der Waals surface area contributed by atoms with Gasteiger partial charge in [0.2, 0.25) is 18.6 Å². The minimum atomic E-state index is -0.679. The van der Waals surface area contributed by atoms with E-state index in [0.717, 1.165) is 0 Å². The Kier molecular flexibility index (Phi) is 5.60. The van der Waals surface area contributed by atoms with Crippen molar-refractivity contribution in [3.05, 3.63) is 42.4 Å². The summed E-state index contributed by atoms with van der Waals surface area (Å²) in [4.78, 5) is 39.0. The number of anilines is 1. The topological polar surface area (TPSA) is 110 Å². The van der Waals surface area contributed by atoms with E-state index in [2.05, 4.69) is 10.6 Å². The van der Waals surface area contributed by atoms with Gasteiger partial charge in [-0.05, 0) is 44.0 Å². The zero-order valence-corrected chi connectivity index (χ0v) is 16.6. The Balaban J connectivity index is 1.26. The minimum absolute atomic E-state index is 0.0832. The molecule has 9 nitrogen and oxygen atoms in total. The number of nitrogens with zero attached hydrogens (tertiary/aromatic N) is 1. The van der Waals surface area contributed by atoms with Crippen LogP contribution in [0.15, 0.2) is 41.0 Å². The van der Waals surface area contributed by atoms with E-state index in [1.54, 1.807) is 36.1 Å². The molecule has 1 atom stereocenters. The molecule has 1 aromatic heterocycles. The summed E-state index contributed by atoms with van der Waals surface area (Å²) in [6, 6.07) is 7.74. The summed E-state index contributed by atoms with van der Waals surface area (Å²) in [6.07, 6.45) is 2.52. The van der Waals surface area contributed by atoms with Crippen LogP contribution in [0.4, 0.5) is 5.69 Å². The molecule has 1 saturated heterocycles. The van der Waals surface area contributed by atoms with Gasteiger partial charge in [-0.2, -0.15) is 0 Å². The van der Waals surface area contributed by atoms with Crippen molar-refractivity contribution in [3.63, 3.8) is 0 Å². The summed E-state index contributed by atoms with van der Waals surface area (Å²) in [5, 5.41) is 5.55. The van der Waals surface area contributed by atoms with Gasteiger partial charge in [-0.1, -0.05) is 0 Å². The maximum atomic E-state index is 12.6. The molecule has 9 heteroatoms. The third-order valence-corrected chi connectivity index (χ3v) is 5.28. The number of amides is 3. The average Bonchev–Trinajstić information content (AvgIpc) is 3.45. The Hall–Kier alpha value is -3.49. The summed E-state index contributed by atoms with van der Waals surface area (Å²) in [6.45, 7) is 2.74. The van der Waals surface area contributed by atoms with Crippen molar-refractivity contribution >= 4 is 23.4 Å². The van der Waals surface area contributed by atoms with Crippen LogP contribution in [0.25, 0.3) is 0 Å². The quantitative estimate of drug-likeness (QED) is 0.776. The highest BCUT2D eigenvalue weighted by molar-refractivity contribution is 5.95. The molecule has 1 aromatic carbocycles. The molecule has 1 fully saturated rings. The van der Waals surface area contributed by atoms with Crippen LogP contribution in [-0.2, 0) is 9.59 Å². The maximum Gasteiger partial charge on any atom is 0.287 e. The average molecular weight is 413 g/mol. The molecule has 2 aliphatic rings. The van der Waals surface area contributed by atoms with Crippen molar-refractivity contribution in [2.45, 2.75) is 25.8 Å². The van der Waals surface area contributed by atoms with Crippen molar-refractivity contribution in [1.82, 2.24) is 10.2 Å². The molecule has 2 aliphatic heterocycles. The first-order valence-corrected chi connectivity index (χ1v) is 9.85. The van der Waals surface area contributed by atoms with Crippen molar-refractivity contribution in [1.29, 1.82) is 0 Å². The zero-order chi connectivity index (χ0) is 21.1. The lowest BCUT2D eigenvalue weighted by Gasteiger charge is -2.33. The molecule has 0 unspecified atom stereocenters. The van der Waals surface area contributed by atoms with Crippen LogP contribution >= 0.6 is 0 Å². The SMILES string of the molecule is C[C@H](NC(=O)c1ccco1)C(=O)N1CCC(C(=O)Nc2ccc3c(c2)OCO3)CC1. The molecule has 0 radical (unpaired) electrons. The fraction of sp³-hybridized carbons (Fsp3) is 0.381. The zero-order valence-electron chi connectivity index (χ0n) is 16.6. The van der Waals surface area contributed by atoms with Gasteiger partial charge in [-0.15, -0.1) is 0 Å². The fourth-order valence-electron chi connectivity index (χ4n) is 3.59. The van der Waals surface area contributed by atoms with E-state index >= 15 is 0 Å². The predicted octanol–water partition coefficient (Wildman–Crippen LogP) is 2.00. The van der Waals surface area contributed by atoms with Gasteiger partial charge in [0.05, 0.1) is 6.26 Å². The number of ether oxygens (including phenoxy) is 2. The highest BCUT2D eigenvalue weighted by Crippen LogP contribution is 2.34.